The Morgan fingerprint density at radius 2 is 1.78 bits per heavy atom. The Morgan fingerprint density at radius 1 is 1.02 bits per heavy atom. The molecule has 13 heteroatoms. The summed E-state index contributed by atoms with van der Waals surface area (Å²) in [6.07, 6.45) is 2.12. The molecule has 0 saturated carbocycles. The van der Waals surface area contributed by atoms with E-state index in [1.54, 1.807) is 27.4 Å². The van der Waals surface area contributed by atoms with E-state index < -0.39 is 6.04 Å². The zero-order valence-electron chi connectivity index (χ0n) is 26.8. The van der Waals surface area contributed by atoms with Crippen molar-refractivity contribution < 1.29 is 28.5 Å². The summed E-state index contributed by atoms with van der Waals surface area (Å²) in [5.74, 6) is 2.50. The third-order valence-electron chi connectivity index (χ3n) is 7.54. The second-order valence-electron chi connectivity index (χ2n) is 10.7. The van der Waals surface area contributed by atoms with Crippen LogP contribution in [0.5, 0.6) is 17.2 Å². The third-order valence-corrected chi connectivity index (χ3v) is 8.46. The zero-order valence-corrected chi connectivity index (χ0v) is 27.7. The number of aromatic nitrogens is 3. The lowest BCUT2D eigenvalue weighted by molar-refractivity contribution is -0.137. The van der Waals surface area contributed by atoms with Crippen LogP contribution in [0.3, 0.4) is 0 Å². The summed E-state index contributed by atoms with van der Waals surface area (Å²) >= 11 is 1.58. The molecule has 246 valence electrons. The van der Waals surface area contributed by atoms with Crippen molar-refractivity contribution in [1.82, 2.24) is 19.7 Å². The number of carbonyl (C=O) groups excluding carboxylic acids is 2. The third kappa shape index (κ3) is 7.76. The van der Waals surface area contributed by atoms with E-state index in [1.165, 1.54) is 0 Å². The highest BCUT2D eigenvalue weighted by Crippen LogP contribution is 2.40. The molecule has 46 heavy (non-hydrogen) atoms. The highest BCUT2D eigenvalue weighted by molar-refractivity contribution is 7.99. The minimum atomic E-state index is -0.633. The van der Waals surface area contributed by atoms with Gasteiger partial charge in [0, 0.05) is 24.5 Å². The molecule has 0 bridgehead atoms. The molecule has 2 aliphatic heterocycles. The Morgan fingerprint density at radius 3 is 2.54 bits per heavy atom. The van der Waals surface area contributed by atoms with E-state index in [9.17, 15) is 9.59 Å². The van der Waals surface area contributed by atoms with Crippen molar-refractivity contribution >= 4 is 35.2 Å². The van der Waals surface area contributed by atoms with E-state index in [-0.39, 0.29) is 18.4 Å². The lowest BCUT2D eigenvalue weighted by Crippen LogP contribution is -2.43. The van der Waals surface area contributed by atoms with Gasteiger partial charge in [0.05, 0.1) is 37.7 Å². The van der Waals surface area contributed by atoms with Crippen LogP contribution in [0.1, 0.15) is 52.1 Å². The molecule has 2 amide bonds. The predicted molar refractivity (Wildman–Crippen MR) is 177 cm³/mol. The van der Waals surface area contributed by atoms with Crippen molar-refractivity contribution in [3.63, 3.8) is 0 Å². The molecule has 2 aliphatic rings. The topological polar surface area (TPSA) is 129 Å². The summed E-state index contributed by atoms with van der Waals surface area (Å²) in [6.45, 7) is 10.6. The van der Waals surface area contributed by atoms with Crippen LogP contribution in [0.4, 0.5) is 11.6 Å². The van der Waals surface area contributed by atoms with Gasteiger partial charge >= 0.3 is 0 Å². The summed E-state index contributed by atoms with van der Waals surface area (Å²) in [5, 5.41) is 11.8. The van der Waals surface area contributed by atoms with E-state index in [2.05, 4.69) is 17.6 Å². The fraction of sp³-hybridized carbons (Fsp3) is 0.455. The van der Waals surface area contributed by atoms with E-state index in [0.717, 1.165) is 24.2 Å². The van der Waals surface area contributed by atoms with Crippen molar-refractivity contribution in [3.05, 3.63) is 59.3 Å². The highest BCUT2D eigenvalue weighted by atomic mass is 32.2. The van der Waals surface area contributed by atoms with Gasteiger partial charge in [-0.25, -0.2) is 4.68 Å². The Kier molecular flexibility index (Phi) is 11.4. The number of carbonyl (C=O) groups is 2. The van der Waals surface area contributed by atoms with Crippen LogP contribution >= 0.6 is 11.8 Å². The van der Waals surface area contributed by atoms with Gasteiger partial charge < -0.3 is 34.5 Å². The number of allylic oxidation sites excluding steroid dienone is 1. The lowest BCUT2D eigenvalue weighted by Gasteiger charge is -2.29. The molecule has 12 nitrogen and oxygen atoms in total. The van der Waals surface area contributed by atoms with Crippen molar-refractivity contribution in [3.8, 4) is 17.2 Å². The number of rotatable bonds is 14. The molecule has 1 saturated heterocycles. The number of hydrogen-bond acceptors (Lipinski definition) is 10. The van der Waals surface area contributed by atoms with Gasteiger partial charge in [-0.2, -0.15) is 4.98 Å². The number of hydrogen-bond donors (Lipinski definition) is 2. The summed E-state index contributed by atoms with van der Waals surface area (Å²) in [7, 11) is 0. The van der Waals surface area contributed by atoms with Crippen LogP contribution in [0, 0.1) is 0 Å². The predicted octanol–water partition coefficient (Wildman–Crippen LogP) is 5.13. The molecule has 2 aromatic carbocycles. The largest absolute Gasteiger partial charge is 0.492 e. The molecule has 2 N–H and O–H groups in total. The molecular formula is C33H42N6O6S. The van der Waals surface area contributed by atoms with Gasteiger partial charge in [0.2, 0.25) is 11.1 Å². The first-order valence-corrected chi connectivity index (χ1v) is 16.8. The first-order chi connectivity index (χ1) is 22.4. The first kappa shape index (κ1) is 33.1. The molecule has 0 aliphatic carbocycles. The van der Waals surface area contributed by atoms with Gasteiger partial charge in [0.15, 0.2) is 18.1 Å². The molecule has 3 heterocycles. The summed E-state index contributed by atoms with van der Waals surface area (Å²) in [4.78, 5) is 33.4. The number of fused-ring (bicyclic) bond motifs is 1. The Hall–Kier alpha value is -4.23. The van der Waals surface area contributed by atoms with Crippen molar-refractivity contribution in [1.29, 1.82) is 0 Å². The number of ether oxygens (including phenoxy) is 4. The van der Waals surface area contributed by atoms with Gasteiger partial charge in [-0.3, -0.25) is 9.59 Å². The molecule has 0 radical (unpaired) electrons. The second kappa shape index (κ2) is 15.9. The number of para-hydroxylation sites is 2. The fourth-order valence-electron chi connectivity index (χ4n) is 5.27. The van der Waals surface area contributed by atoms with E-state index in [0.29, 0.717) is 84.8 Å². The number of morpholine rings is 1. The van der Waals surface area contributed by atoms with Crippen molar-refractivity contribution in [2.45, 2.75) is 51.7 Å². The summed E-state index contributed by atoms with van der Waals surface area (Å²) in [6, 6.07) is 12.2. The van der Waals surface area contributed by atoms with Gasteiger partial charge in [0.25, 0.3) is 11.8 Å². The Bertz CT molecular complexity index is 1550. The molecule has 1 aromatic heterocycles. The first-order valence-electron chi connectivity index (χ1n) is 15.8. The number of unbranched alkanes of at least 4 members (excludes halogenated alkanes) is 1. The lowest BCUT2D eigenvalue weighted by atomic mass is 9.94. The summed E-state index contributed by atoms with van der Waals surface area (Å²) < 4.78 is 24.8. The van der Waals surface area contributed by atoms with Crippen LogP contribution in [0.2, 0.25) is 0 Å². The number of thioether (sulfide) groups is 1. The van der Waals surface area contributed by atoms with Gasteiger partial charge in [-0.1, -0.05) is 43.3 Å². The number of nitrogens with one attached hydrogen (secondary N) is 2. The number of nitrogens with zero attached hydrogens (tertiary/aromatic N) is 4. The monoisotopic (exact) mass is 650 g/mol. The maximum atomic E-state index is 14.1. The molecule has 3 aromatic rings. The highest BCUT2D eigenvalue weighted by Gasteiger charge is 2.35. The van der Waals surface area contributed by atoms with E-state index in [1.807, 2.05) is 57.2 Å². The van der Waals surface area contributed by atoms with Crippen LogP contribution in [0.25, 0.3) is 0 Å². The van der Waals surface area contributed by atoms with Crippen molar-refractivity contribution in [2.24, 2.45) is 0 Å². The zero-order chi connectivity index (χ0) is 32.5. The smallest absolute Gasteiger partial charge is 0.260 e. The number of benzene rings is 2. The van der Waals surface area contributed by atoms with E-state index in [4.69, 9.17) is 29.0 Å². The molecular weight excluding hydrogens is 608 g/mol. The molecule has 5 rings (SSSR count). The number of amides is 2. The molecule has 1 fully saturated rings. The second-order valence-corrected chi connectivity index (χ2v) is 11.8. The average Bonchev–Trinajstić information content (AvgIpc) is 3.47. The average molecular weight is 651 g/mol. The van der Waals surface area contributed by atoms with Crippen LogP contribution in [-0.2, 0) is 14.3 Å². The quantitative estimate of drug-likeness (QED) is 0.179. The minimum Gasteiger partial charge on any atom is -0.492 e. The van der Waals surface area contributed by atoms with Crippen LogP contribution in [0.15, 0.2) is 58.9 Å². The summed E-state index contributed by atoms with van der Waals surface area (Å²) in [5.41, 5.74) is 2.43. The maximum Gasteiger partial charge on any atom is 0.260 e. The van der Waals surface area contributed by atoms with Crippen LogP contribution in [-0.4, -0.2) is 83.4 Å². The van der Waals surface area contributed by atoms with Crippen LogP contribution < -0.4 is 24.8 Å². The van der Waals surface area contributed by atoms with E-state index >= 15 is 0 Å². The SMILES string of the molecule is CCCCSc1nc2n(n1)C(c1ccc(OCC(=O)N3CCOCC3)c(OCC)c1)C(C(=O)Nc1ccccc1OCC)=C(C)N2. The minimum absolute atomic E-state index is 0.113. The van der Waals surface area contributed by atoms with Crippen molar-refractivity contribution in [2.75, 3.05) is 62.5 Å². The molecule has 0 spiro atoms. The van der Waals surface area contributed by atoms with Gasteiger partial charge in [-0.05, 0) is 57.0 Å². The van der Waals surface area contributed by atoms with Gasteiger partial charge in [-0.15, -0.1) is 5.10 Å². The maximum absolute atomic E-state index is 14.1. The Balaban J connectivity index is 1.48. The molecule has 1 atom stereocenters. The normalized spacial score (nSPS) is 16.0. The Labute approximate surface area is 273 Å². The van der Waals surface area contributed by atoms with Gasteiger partial charge in [0.1, 0.15) is 11.8 Å². The molecule has 1 unspecified atom stereocenters. The standard InChI is InChI=1S/C33H42N6O6S/c1-5-8-19-46-33-36-32-34-22(4)29(31(41)35-24-11-9-10-12-25(24)43-6-2)30(39(32)37-33)23-13-14-26(27(20-23)44-7-3)45-21-28(40)38-15-17-42-18-16-38/h9-14,20,30H,5-8,15-19,21H2,1-4H3,(H,35,41)(H,34,36,37). The number of anilines is 2. The fourth-order valence-corrected chi connectivity index (χ4v) is 6.18.